The molecular formula is C11H13ClO. The number of aliphatic hydroxyl groups excluding tert-OH is 1. The van der Waals surface area contributed by atoms with E-state index in [1.165, 1.54) is 5.56 Å². The Balaban J connectivity index is 2.24. The van der Waals surface area contributed by atoms with Crippen molar-refractivity contribution in [2.24, 2.45) is 0 Å². The molecule has 0 saturated heterocycles. The number of hydrogen-bond donors (Lipinski definition) is 1. The molecule has 0 radical (unpaired) electrons. The first kappa shape index (κ1) is 9.04. The molecule has 1 fully saturated rings. The van der Waals surface area contributed by atoms with Gasteiger partial charge in [0.05, 0.1) is 6.10 Å². The van der Waals surface area contributed by atoms with Gasteiger partial charge in [0.1, 0.15) is 0 Å². The van der Waals surface area contributed by atoms with E-state index in [0.717, 1.165) is 24.3 Å². The summed E-state index contributed by atoms with van der Waals surface area (Å²) in [6.45, 7) is 0. The molecule has 0 unspecified atom stereocenters. The Kier molecular flexibility index (Phi) is 2.56. The summed E-state index contributed by atoms with van der Waals surface area (Å²) in [7, 11) is 0. The van der Waals surface area contributed by atoms with Crippen LogP contribution in [0.3, 0.4) is 0 Å². The zero-order valence-corrected chi connectivity index (χ0v) is 8.17. The topological polar surface area (TPSA) is 20.2 Å². The smallest absolute Gasteiger partial charge is 0.0608 e. The number of rotatable bonds is 1. The van der Waals surface area contributed by atoms with Crippen molar-refractivity contribution >= 4 is 11.6 Å². The van der Waals surface area contributed by atoms with Crippen LogP contribution < -0.4 is 0 Å². The highest BCUT2D eigenvalue weighted by molar-refractivity contribution is 6.30. The number of aliphatic hydroxyl groups is 1. The van der Waals surface area contributed by atoms with Crippen LogP contribution in [0, 0.1) is 0 Å². The second-order valence-electron chi connectivity index (χ2n) is 3.66. The molecule has 70 valence electrons. The van der Waals surface area contributed by atoms with Crippen LogP contribution in [0.2, 0.25) is 5.02 Å². The van der Waals surface area contributed by atoms with Gasteiger partial charge in [0, 0.05) is 10.9 Å². The van der Waals surface area contributed by atoms with Crippen molar-refractivity contribution in [3.05, 3.63) is 34.9 Å². The maximum atomic E-state index is 9.69. The molecule has 1 saturated carbocycles. The highest BCUT2D eigenvalue weighted by atomic mass is 35.5. The lowest BCUT2D eigenvalue weighted by atomic mass is 9.96. The van der Waals surface area contributed by atoms with Crippen LogP contribution in [0.5, 0.6) is 0 Å². The minimum Gasteiger partial charge on any atom is -0.392 e. The van der Waals surface area contributed by atoms with E-state index in [1.807, 2.05) is 24.3 Å². The van der Waals surface area contributed by atoms with E-state index in [-0.39, 0.29) is 6.10 Å². The quantitative estimate of drug-likeness (QED) is 0.732. The van der Waals surface area contributed by atoms with E-state index in [9.17, 15) is 5.11 Å². The van der Waals surface area contributed by atoms with Gasteiger partial charge in [0.2, 0.25) is 0 Å². The lowest BCUT2D eigenvalue weighted by Crippen LogP contribution is -2.10. The lowest BCUT2D eigenvalue weighted by molar-refractivity contribution is 0.164. The van der Waals surface area contributed by atoms with Crippen molar-refractivity contribution in [2.45, 2.75) is 31.3 Å². The van der Waals surface area contributed by atoms with Crippen molar-refractivity contribution in [3.8, 4) is 0 Å². The highest BCUT2D eigenvalue weighted by Gasteiger charge is 2.26. The lowest BCUT2D eigenvalue weighted by Gasteiger charge is -2.14. The van der Waals surface area contributed by atoms with Crippen molar-refractivity contribution in [3.63, 3.8) is 0 Å². The molecule has 0 spiro atoms. The zero-order valence-electron chi connectivity index (χ0n) is 7.41. The van der Waals surface area contributed by atoms with Gasteiger partial charge >= 0.3 is 0 Å². The average molecular weight is 197 g/mol. The molecule has 13 heavy (non-hydrogen) atoms. The van der Waals surface area contributed by atoms with Crippen LogP contribution in [0.1, 0.15) is 30.7 Å². The monoisotopic (exact) mass is 196 g/mol. The maximum Gasteiger partial charge on any atom is 0.0608 e. The van der Waals surface area contributed by atoms with Crippen LogP contribution in [-0.2, 0) is 0 Å². The van der Waals surface area contributed by atoms with Crippen LogP contribution in [0.4, 0.5) is 0 Å². The van der Waals surface area contributed by atoms with E-state index in [2.05, 4.69) is 0 Å². The van der Waals surface area contributed by atoms with Crippen LogP contribution in [0.15, 0.2) is 24.3 Å². The van der Waals surface area contributed by atoms with Crippen molar-refractivity contribution in [1.82, 2.24) is 0 Å². The second-order valence-corrected chi connectivity index (χ2v) is 4.10. The first-order valence-electron chi connectivity index (χ1n) is 4.71. The zero-order chi connectivity index (χ0) is 9.26. The molecule has 1 aliphatic carbocycles. The first-order valence-corrected chi connectivity index (χ1v) is 5.09. The van der Waals surface area contributed by atoms with Gasteiger partial charge in [-0.3, -0.25) is 0 Å². The van der Waals surface area contributed by atoms with E-state index < -0.39 is 0 Å². The van der Waals surface area contributed by atoms with E-state index >= 15 is 0 Å². The van der Waals surface area contributed by atoms with Gasteiger partial charge < -0.3 is 5.11 Å². The van der Waals surface area contributed by atoms with Gasteiger partial charge in [0.15, 0.2) is 0 Å². The molecular weight excluding hydrogens is 184 g/mol. The molecule has 1 aromatic carbocycles. The van der Waals surface area contributed by atoms with Gasteiger partial charge in [0.25, 0.3) is 0 Å². The fourth-order valence-electron chi connectivity index (χ4n) is 2.07. The summed E-state index contributed by atoms with van der Waals surface area (Å²) in [4.78, 5) is 0. The summed E-state index contributed by atoms with van der Waals surface area (Å²) in [5.74, 6) is 0.304. The molecule has 1 N–H and O–H groups in total. The van der Waals surface area contributed by atoms with Gasteiger partial charge in [-0.15, -0.1) is 0 Å². The third-order valence-electron chi connectivity index (χ3n) is 2.76. The number of halogens is 1. The molecule has 1 aliphatic rings. The van der Waals surface area contributed by atoms with Gasteiger partial charge in [-0.1, -0.05) is 30.2 Å². The molecule has 0 bridgehead atoms. The Morgan fingerprint density at radius 3 is 2.77 bits per heavy atom. The molecule has 2 atom stereocenters. The second kappa shape index (κ2) is 3.69. The van der Waals surface area contributed by atoms with Gasteiger partial charge in [-0.2, -0.15) is 0 Å². The van der Waals surface area contributed by atoms with E-state index in [1.54, 1.807) is 0 Å². The number of hydrogen-bond acceptors (Lipinski definition) is 1. The Labute approximate surface area is 83.3 Å². The Morgan fingerprint density at radius 2 is 2.15 bits per heavy atom. The molecule has 0 heterocycles. The molecule has 0 aliphatic heterocycles. The minimum absolute atomic E-state index is 0.168. The van der Waals surface area contributed by atoms with Gasteiger partial charge in [-0.25, -0.2) is 0 Å². The van der Waals surface area contributed by atoms with Crippen LogP contribution in [0.25, 0.3) is 0 Å². The van der Waals surface area contributed by atoms with Crippen molar-refractivity contribution in [1.29, 1.82) is 0 Å². The fraction of sp³-hybridized carbons (Fsp3) is 0.455. The van der Waals surface area contributed by atoms with Crippen molar-refractivity contribution in [2.75, 3.05) is 0 Å². The molecule has 1 aromatic rings. The maximum absolute atomic E-state index is 9.69. The Bertz CT molecular complexity index is 298. The summed E-state index contributed by atoms with van der Waals surface area (Å²) in [5, 5.41) is 10.5. The summed E-state index contributed by atoms with van der Waals surface area (Å²) < 4.78 is 0. The Morgan fingerprint density at radius 1 is 1.31 bits per heavy atom. The summed E-state index contributed by atoms with van der Waals surface area (Å²) in [6.07, 6.45) is 2.97. The molecule has 0 aromatic heterocycles. The predicted octanol–water partition coefficient (Wildman–Crippen LogP) is 2.97. The standard InChI is InChI=1S/C11H13ClO/c12-9-4-1-3-8(7-9)10-5-2-6-11(10)13/h1,3-4,7,10-11,13H,2,5-6H2/t10-,11-/m1/s1. The first-order chi connectivity index (χ1) is 6.27. The predicted molar refractivity (Wildman–Crippen MR) is 54.1 cm³/mol. The highest BCUT2D eigenvalue weighted by Crippen LogP contribution is 2.35. The van der Waals surface area contributed by atoms with Crippen LogP contribution in [-0.4, -0.2) is 11.2 Å². The summed E-state index contributed by atoms with van der Waals surface area (Å²) >= 11 is 5.89. The molecule has 0 amide bonds. The summed E-state index contributed by atoms with van der Waals surface area (Å²) in [5.41, 5.74) is 1.18. The minimum atomic E-state index is -0.168. The molecule has 1 nitrogen and oxygen atoms in total. The van der Waals surface area contributed by atoms with Crippen LogP contribution >= 0.6 is 11.6 Å². The number of benzene rings is 1. The van der Waals surface area contributed by atoms with E-state index in [4.69, 9.17) is 11.6 Å². The normalized spacial score (nSPS) is 27.8. The van der Waals surface area contributed by atoms with E-state index in [0.29, 0.717) is 5.92 Å². The average Bonchev–Trinajstić information content (AvgIpc) is 2.51. The largest absolute Gasteiger partial charge is 0.392 e. The van der Waals surface area contributed by atoms with Crippen molar-refractivity contribution < 1.29 is 5.11 Å². The SMILES string of the molecule is O[C@@H]1CCC[C@@H]1c1cccc(Cl)c1. The third-order valence-corrected chi connectivity index (χ3v) is 2.99. The third kappa shape index (κ3) is 1.87. The fourth-order valence-corrected chi connectivity index (χ4v) is 2.27. The molecule has 2 heteroatoms. The van der Waals surface area contributed by atoms with Gasteiger partial charge in [-0.05, 0) is 30.5 Å². The molecule has 2 rings (SSSR count). The summed E-state index contributed by atoms with van der Waals surface area (Å²) in [6, 6.07) is 7.82. The Hall–Kier alpha value is -0.530.